The molecule has 3 N–H and O–H groups in total. The molecule has 0 fully saturated rings. The first-order valence-corrected chi connectivity index (χ1v) is 6.66. The Balaban J connectivity index is 2.13. The van der Waals surface area contributed by atoms with Crippen LogP contribution in [0.3, 0.4) is 0 Å². The number of aryl methyl sites for hydroxylation is 1. The lowest BCUT2D eigenvalue weighted by Crippen LogP contribution is -2.41. The van der Waals surface area contributed by atoms with E-state index in [1.165, 1.54) is 5.56 Å². The maximum atomic E-state index is 11.4. The van der Waals surface area contributed by atoms with E-state index in [-0.39, 0.29) is 11.6 Å². The summed E-state index contributed by atoms with van der Waals surface area (Å²) in [6, 6.07) is 7.87. The van der Waals surface area contributed by atoms with Gasteiger partial charge in [0, 0.05) is 11.2 Å². The first kappa shape index (κ1) is 15.3. The molecule has 4 heteroatoms. The Labute approximate surface area is 115 Å². The molecular weight excluding hydrogens is 240 g/mol. The Bertz CT molecular complexity index is 411. The number of carbonyl (C=O) groups excluding carboxylic acids is 1. The molecule has 4 nitrogen and oxygen atoms in total. The van der Waals surface area contributed by atoms with Crippen LogP contribution in [-0.4, -0.2) is 18.2 Å². The van der Waals surface area contributed by atoms with Crippen molar-refractivity contribution in [2.45, 2.75) is 45.6 Å². The number of ether oxygens (including phenoxy) is 1. The number of alkyl carbamates (subject to hydrolysis) is 1. The minimum atomic E-state index is -0.351. The summed E-state index contributed by atoms with van der Waals surface area (Å²) in [5, 5.41) is 2.76. The summed E-state index contributed by atoms with van der Waals surface area (Å²) in [6.07, 6.45) is 2.44. The fraction of sp³-hybridized carbons (Fsp3) is 0.533. The first-order valence-electron chi connectivity index (χ1n) is 6.66. The SMILES string of the molecule is CC(C)(C)NC(=O)OCCCCc1cccc(N)c1. The van der Waals surface area contributed by atoms with Crippen molar-refractivity contribution in [2.75, 3.05) is 12.3 Å². The number of hydrogen-bond acceptors (Lipinski definition) is 3. The molecule has 0 aromatic heterocycles. The molecule has 19 heavy (non-hydrogen) atoms. The number of nitrogens with one attached hydrogen (secondary N) is 1. The fourth-order valence-corrected chi connectivity index (χ4v) is 1.69. The molecule has 0 aliphatic rings. The first-order chi connectivity index (χ1) is 8.87. The minimum absolute atomic E-state index is 0.251. The summed E-state index contributed by atoms with van der Waals surface area (Å²) in [4.78, 5) is 11.4. The van der Waals surface area contributed by atoms with Gasteiger partial charge in [0.2, 0.25) is 0 Å². The summed E-state index contributed by atoms with van der Waals surface area (Å²) in [6.45, 7) is 6.22. The second-order valence-electron chi connectivity index (χ2n) is 5.71. The number of unbranched alkanes of at least 4 members (excludes halogenated alkanes) is 1. The van der Waals surface area contributed by atoms with Crippen molar-refractivity contribution in [1.82, 2.24) is 5.32 Å². The molecule has 0 aliphatic carbocycles. The number of nitrogens with two attached hydrogens (primary N) is 1. The molecule has 0 bridgehead atoms. The fourth-order valence-electron chi connectivity index (χ4n) is 1.69. The molecule has 1 aromatic carbocycles. The number of benzene rings is 1. The molecule has 1 rings (SSSR count). The molecule has 0 heterocycles. The summed E-state index contributed by atoms with van der Waals surface area (Å²) in [5.74, 6) is 0. The zero-order valence-electron chi connectivity index (χ0n) is 12.0. The molecule has 0 radical (unpaired) electrons. The number of rotatable bonds is 5. The highest BCUT2D eigenvalue weighted by atomic mass is 16.5. The second-order valence-corrected chi connectivity index (χ2v) is 5.71. The maximum Gasteiger partial charge on any atom is 0.407 e. The van der Waals surface area contributed by atoms with E-state index < -0.39 is 0 Å². The van der Waals surface area contributed by atoms with Crippen LogP contribution in [0.5, 0.6) is 0 Å². The van der Waals surface area contributed by atoms with Crippen molar-refractivity contribution in [3.8, 4) is 0 Å². The summed E-state index contributed by atoms with van der Waals surface area (Å²) >= 11 is 0. The highest BCUT2D eigenvalue weighted by Gasteiger charge is 2.13. The number of amides is 1. The molecule has 0 saturated carbocycles. The quantitative estimate of drug-likeness (QED) is 0.634. The lowest BCUT2D eigenvalue weighted by Gasteiger charge is -2.19. The summed E-state index contributed by atoms with van der Waals surface area (Å²) in [7, 11) is 0. The molecule has 0 saturated heterocycles. The normalized spacial score (nSPS) is 11.1. The van der Waals surface area contributed by atoms with Crippen LogP contribution in [-0.2, 0) is 11.2 Å². The molecule has 0 atom stereocenters. The van der Waals surface area contributed by atoms with Crippen molar-refractivity contribution in [3.63, 3.8) is 0 Å². The van der Waals surface area contributed by atoms with Crippen molar-refractivity contribution in [1.29, 1.82) is 0 Å². The van der Waals surface area contributed by atoms with Gasteiger partial charge in [-0.1, -0.05) is 12.1 Å². The van der Waals surface area contributed by atoms with Gasteiger partial charge in [-0.05, 0) is 57.7 Å². The number of carbonyl (C=O) groups is 1. The predicted octanol–water partition coefficient (Wildman–Crippen LogP) is 3.12. The van der Waals surface area contributed by atoms with Crippen LogP contribution < -0.4 is 11.1 Å². The third-order valence-electron chi connectivity index (χ3n) is 2.52. The van der Waals surface area contributed by atoms with Gasteiger partial charge < -0.3 is 15.8 Å². The van der Waals surface area contributed by atoms with Gasteiger partial charge in [-0.25, -0.2) is 4.79 Å². The molecule has 0 spiro atoms. The molecule has 0 aliphatic heterocycles. The smallest absolute Gasteiger partial charge is 0.407 e. The van der Waals surface area contributed by atoms with Gasteiger partial charge >= 0.3 is 6.09 Å². The van der Waals surface area contributed by atoms with Crippen molar-refractivity contribution in [3.05, 3.63) is 29.8 Å². The molecule has 0 unspecified atom stereocenters. The Morgan fingerprint density at radius 2 is 2.05 bits per heavy atom. The Kier molecular flexibility index (Phi) is 5.67. The lowest BCUT2D eigenvalue weighted by atomic mass is 10.1. The maximum absolute atomic E-state index is 11.4. The average Bonchev–Trinajstić information content (AvgIpc) is 2.26. The minimum Gasteiger partial charge on any atom is -0.450 e. The second kappa shape index (κ2) is 7.02. The van der Waals surface area contributed by atoms with E-state index in [2.05, 4.69) is 11.4 Å². The number of anilines is 1. The van der Waals surface area contributed by atoms with Crippen LogP contribution in [0.4, 0.5) is 10.5 Å². The zero-order chi connectivity index (χ0) is 14.3. The number of nitrogen functional groups attached to an aromatic ring is 1. The zero-order valence-corrected chi connectivity index (χ0v) is 12.0. The van der Waals surface area contributed by atoms with Crippen LogP contribution in [0, 0.1) is 0 Å². The Morgan fingerprint density at radius 1 is 1.32 bits per heavy atom. The van der Waals surface area contributed by atoms with Crippen molar-refractivity contribution in [2.24, 2.45) is 0 Å². The Morgan fingerprint density at radius 3 is 2.68 bits per heavy atom. The van der Waals surface area contributed by atoms with Gasteiger partial charge in [0.25, 0.3) is 0 Å². The average molecular weight is 264 g/mol. The van der Waals surface area contributed by atoms with Crippen molar-refractivity contribution < 1.29 is 9.53 Å². The van der Waals surface area contributed by atoms with Crippen LogP contribution in [0.15, 0.2) is 24.3 Å². The van der Waals surface area contributed by atoms with Gasteiger partial charge in [-0.15, -0.1) is 0 Å². The molecule has 106 valence electrons. The van der Waals surface area contributed by atoms with E-state index in [4.69, 9.17) is 10.5 Å². The molecule has 1 aromatic rings. The van der Waals surface area contributed by atoms with Gasteiger partial charge in [0.1, 0.15) is 0 Å². The molecule has 1 amide bonds. The standard InChI is InChI=1S/C15H24N2O2/c1-15(2,3)17-14(18)19-10-5-4-7-12-8-6-9-13(16)11-12/h6,8-9,11H,4-5,7,10,16H2,1-3H3,(H,17,18). The van der Waals surface area contributed by atoms with Gasteiger partial charge in [-0.2, -0.15) is 0 Å². The van der Waals surface area contributed by atoms with E-state index >= 15 is 0 Å². The lowest BCUT2D eigenvalue weighted by molar-refractivity contribution is 0.135. The van der Waals surface area contributed by atoms with E-state index in [0.717, 1.165) is 24.9 Å². The van der Waals surface area contributed by atoms with Gasteiger partial charge in [0.05, 0.1) is 6.61 Å². The van der Waals surface area contributed by atoms with E-state index in [1.807, 2.05) is 39.0 Å². The van der Waals surface area contributed by atoms with Crippen LogP contribution in [0.1, 0.15) is 39.2 Å². The van der Waals surface area contributed by atoms with Gasteiger partial charge in [-0.3, -0.25) is 0 Å². The van der Waals surface area contributed by atoms with Crippen molar-refractivity contribution >= 4 is 11.8 Å². The van der Waals surface area contributed by atoms with Gasteiger partial charge in [0.15, 0.2) is 0 Å². The third kappa shape index (κ3) is 7.34. The monoisotopic (exact) mass is 264 g/mol. The highest BCUT2D eigenvalue weighted by molar-refractivity contribution is 5.67. The largest absolute Gasteiger partial charge is 0.450 e. The van der Waals surface area contributed by atoms with E-state index in [9.17, 15) is 4.79 Å². The van der Waals surface area contributed by atoms with Crippen LogP contribution in [0.2, 0.25) is 0 Å². The van der Waals surface area contributed by atoms with E-state index in [0.29, 0.717) is 6.61 Å². The Hall–Kier alpha value is -1.71. The highest BCUT2D eigenvalue weighted by Crippen LogP contribution is 2.09. The number of hydrogen-bond donors (Lipinski definition) is 2. The predicted molar refractivity (Wildman–Crippen MR) is 78.0 cm³/mol. The molecular formula is C15H24N2O2. The third-order valence-corrected chi connectivity index (χ3v) is 2.52. The summed E-state index contributed by atoms with van der Waals surface area (Å²) < 4.78 is 5.10. The topological polar surface area (TPSA) is 64.3 Å². The van der Waals surface area contributed by atoms with E-state index in [1.54, 1.807) is 0 Å². The van der Waals surface area contributed by atoms with Crippen LogP contribution >= 0.6 is 0 Å². The van der Waals surface area contributed by atoms with Crippen LogP contribution in [0.25, 0.3) is 0 Å². The summed E-state index contributed by atoms with van der Waals surface area (Å²) in [5.41, 5.74) is 7.47.